The Balaban J connectivity index is 2.61. The fourth-order valence-electron chi connectivity index (χ4n) is 1.58. The Morgan fingerprint density at radius 3 is 2.62 bits per heavy atom. The monoisotopic (exact) mass is 315 g/mol. The molecular weight excluding hydrogens is 298 g/mol. The summed E-state index contributed by atoms with van der Waals surface area (Å²) in [6, 6.07) is 0. The molecule has 0 spiro atoms. The number of carboxylic acids is 1. The van der Waals surface area contributed by atoms with E-state index in [1.165, 1.54) is 20.3 Å². The van der Waals surface area contributed by atoms with Gasteiger partial charge in [0.05, 0.1) is 4.91 Å². The highest BCUT2D eigenvalue weighted by Crippen LogP contribution is 2.30. The maximum absolute atomic E-state index is 12.0. The molecule has 1 heterocycles. The molecule has 7 nitrogen and oxygen atoms in total. The minimum Gasteiger partial charge on any atom is -0.481 e. The molecule has 0 aromatic rings. The van der Waals surface area contributed by atoms with Gasteiger partial charge in [0, 0.05) is 27.2 Å². The highest BCUT2D eigenvalue weighted by atomic mass is 32.2. The van der Waals surface area contributed by atoms with Crippen molar-refractivity contribution in [3.63, 3.8) is 0 Å². The number of carboxylic acid groups (broad SMARTS) is 1. The summed E-state index contributed by atoms with van der Waals surface area (Å²) in [5.41, 5.74) is 0. The first-order chi connectivity index (χ1) is 9.99. The van der Waals surface area contributed by atoms with Crippen molar-refractivity contribution < 1.29 is 29.0 Å². The number of imide groups is 1. The lowest BCUT2D eigenvalue weighted by molar-refractivity contribution is -0.137. The lowest BCUT2D eigenvalue weighted by Gasteiger charge is -2.10. The van der Waals surface area contributed by atoms with Crippen molar-refractivity contribution in [1.82, 2.24) is 4.90 Å². The number of hydrogen-bond acceptors (Lipinski definition) is 6. The van der Waals surface area contributed by atoms with E-state index in [2.05, 4.69) is 0 Å². The largest absolute Gasteiger partial charge is 0.481 e. The average molecular weight is 315 g/mol. The Morgan fingerprint density at radius 2 is 2.05 bits per heavy atom. The Morgan fingerprint density at radius 1 is 1.38 bits per heavy atom. The summed E-state index contributed by atoms with van der Waals surface area (Å²) in [7, 11) is 2.96. The molecule has 1 aliphatic rings. The van der Waals surface area contributed by atoms with Crippen LogP contribution in [0.4, 0.5) is 4.79 Å². The molecule has 0 aromatic heterocycles. The van der Waals surface area contributed by atoms with Crippen molar-refractivity contribution in [2.24, 2.45) is 0 Å². The van der Waals surface area contributed by atoms with E-state index in [0.29, 0.717) is 0 Å². The molecule has 0 unspecified atom stereocenters. The summed E-state index contributed by atoms with van der Waals surface area (Å²) in [6.07, 6.45) is 4.32. The van der Waals surface area contributed by atoms with Gasteiger partial charge in [-0.25, -0.2) is 0 Å². The van der Waals surface area contributed by atoms with Crippen LogP contribution in [0.2, 0.25) is 0 Å². The van der Waals surface area contributed by atoms with Gasteiger partial charge in [-0.15, -0.1) is 0 Å². The Hall–Kier alpha value is -1.64. The van der Waals surface area contributed by atoms with Crippen molar-refractivity contribution in [2.75, 3.05) is 20.8 Å². The molecule has 0 aromatic carbocycles. The van der Waals surface area contributed by atoms with E-state index in [1.54, 1.807) is 12.2 Å². The molecule has 8 heteroatoms. The molecule has 2 amide bonds. The first-order valence-corrected chi connectivity index (χ1v) is 7.00. The fraction of sp³-hybridized carbons (Fsp3) is 0.462. The van der Waals surface area contributed by atoms with E-state index in [9.17, 15) is 14.4 Å². The zero-order valence-corrected chi connectivity index (χ0v) is 12.6. The summed E-state index contributed by atoms with van der Waals surface area (Å²) in [5, 5.41) is 8.16. The van der Waals surface area contributed by atoms with Crippen molar-refractivity contribution in [1.29, 1.82) is 0 Å². The van der Waals surface area contributed by atoms with Gasteiger partial charge >= 0.3 is 5.97 Å². The van der Waals surface area contributed by atoms with Crippen LogP contribution in [0.25, 0.3) is 0 Å². The van der Waals surface area contributed by atoms with Crippen LogP contribution in [0, 0.1) is 0 Å². The number of nitrogens with zero attached hydrogens (tertiary/aromatic N) is 1. The summed E-state index contributed by atoms with van der Waals surface area (Å²) >= 11 is 0.826. The van der Waals surface area contributed by atoms with E-state index >= 15 is 0 Å². The summed E-state index contributed by atoms with van der Waals surface area (Å²) in [6.45, 7) is 0.108. The van der Waals surface area contributed by atoms with Gasteiger partial charge in [-0.05, 0) is 30.3 Å². The highest BCUT2D eigenvalue weighted by Gasteiger charge is 2.34. The third-order valence-corrected chi connectivity index (χ3v) is 3.55. The lowest BCUT2D eigenvalue weighted by atomic mass is 10.3. The number of hydrogen-bond donors (Lipinski definition) is 1. The van der Waals surface area contributed by atoms with E-state index < -0.39 is 18.2 Å². The maximum Gasteiger partial charge on any atom is 0.303 e. The zero-order chi connectivity index (χ0) is 15.8. The molecule has 1 aliphatic heterocycles. The predicted octanol–water partition coefficient (Wildman–Crippen LogP) is 1.61. The van der Waals surface area contributed by atoms with Crippen molar-refractivity contribution in [2.45, 2.75) is 19.1 Å². The SMILES string of the molecule is COC(/C=C/C=C1\SC(=O)N(CCCC(=O)O)C1=O)OC. The second kappa shape index (κ2) is 8.60. The van der Waals surface area contributed by atoms with Gasteiger partial charge in [-0.3, -0.25) is 19.3 Å². The number of rotatable bonds is 8. The lowest BCUT2D eigenvalue weighted by Crippen LogP contribution is -2.29. The molecule has 0 aliphatic carbocycles. The number of amides is 2. The van der Waals surface area contributed by atoms with Crippen LogP contribution in [-0.2, 0) is 19.1 Å². The zero-order valence-electron chi connectivity index (χ0n) is 11.8. The van der Waals surface area contributed by atoms with Gasteiger partial charge in [0.25, 0.3) is 11.1 Å². The molecule has 116 valence electrons. The van der Waals surface area contributed by atoms with Gasteiger partial charge < -0.3 is 14.6 Å². The number of ether oxygens (including phenoxy) is 2. The molecule has 1 saturated heterocycles. The molecule has 0 bridgehead atoms. The van der Waals surface area contributed by atoms with Crippen molar-refractivity contribution in [3.8, 4) is 0 Å². The first kappa shape index (κ1) is 17.4. The number of allylic oxidation sites excluding steroid dienone is 2. The van der Waals surface area contributed by atoms with Gasteiger partial charge in [-0.2, -0.15) is 0 Å². The summed E-state index contributed by atoms with van der Waals surface area (Å²) in [5.74, 6) is -1.36. The second-order valence-corrected chi connectivity index (χ2v) is 5.07. The molecule has 0 atom stereocenters. The molecular formula is C13H17NO6S. The maximum atomic E-state index is 12.0. The Bertz CT molecular complexity index is 469. The smallest absolute Gasteiger partial charge is 0.303 e. The van der Waals surface area contributed by atoms with Crippen molar-refractivity contribution >= 4 is 28.9 Å². The highest BCUT2D eigenvalue weighted by molar-refractivity contribution is 8.18. The number of aliphatic carboxylic acids is 1. The molecule has 21 heavy (non-hydrogen) atoms. The number of carbonyl (C=O) groups is 3. The predicted molar refractivity (Wildman–Crippen MR) is 76.6 cm³/mol. The summed E-state index contributed by atoms with van der Waals surface area (Å²) in [4.78, 5) is 35.4. The van der Waals surface area contributed by atoms with Gasteiger partial charge in [0.2, 0.25) is 0 Å². The van der Waals surface area contributed by atoms with E-state index in [0.717, 1.165) is 16.7 Å². The first-order valence-electron chi connectivity index (χ1n) is 6.19. The summed E-state index contributed by atoms with van der Waals surface area (Å²) < 4.78 is 9.89. The molecule has 0 radical (unpaired) electrons. The minimum absolute atomic E-state index is 0.0793. The third kappa shape index (κ3) is 5.33. The Kier molecular flexibility index (Phi) is 7.13. The third-order valence-electron chi connectivity index (χ3n) is 2.63. The van der Waals surface area contributed by atoms with Gasteiger partial charge in [-0.1, -0.05) is 6.08 Å². The van der Waals surface area contributed by atoms with Crippen molar-refractivity contribution in [3.05, 3.63) is 23.1 Å². The molecule has 1 fully saturated rings. The van der Waals surface area contributed by atoms with Crippen LogP contribution < -0.4 is 0 Å². The fourth-order valence-corrected chi connectivity index (χ4v) is 2.40. The average Bonchev–Trinajstić information content (AvgIpc) is 2.71. The quantitative estimate of drug-likeness (QED) is 0.537. The van der Waals surface area contributed by atoms with Crippen LogP contribution in [-0.4, -0.2) is 54.2 Å². The van der Waals surface area contributed by atoms with E-state index in [1.807, 2.05) is 0 Å². The van der Waals surface area contributed by atoms with Gasteiger partial charge in [0.15, 0.2) is 6.29 Å². The van der Waals surface area contributed by atoms with Crippen LogP contribution in [0.1, 0.15) is 12.8 Å². The minimum atomic E-state index is -0.953. The number of carbonyl (C=O) groups excluding carboxylic acids is 2. The van der Waals surface area contributed by atoms with Gasteiger partial charge in [0.1, 0.15) is 0 Å². The standard InChI is InChI=1S/C13H17NO6S/c1-19-11(20-2)7-3-5-9-12(17)14(13(18)21-9)8-4-6-10(15)16/h3,5,7,11H,4,6,8H2,1-2H3,(H,15,16)/b7-3+,9-5-. The number of methoxy groups -OCH3 is 2. The normalized spacial score (nSPS) is 17.7. The topological polar surface area (TPSA) is 93.1 Å². The second-order valence-electron chi connectivity index (χ2n) is 4.08. The van der Waals surface area contributed by atoms with Crippen LogP contribution in [0.15, 0.2) is 23.1 Å². The van der Waals surface area contributed by atoms with Crippen LogP contribution in [0.5, 0.6) is 0 Å². The van der Waals surface area contributed by atoms with Crippen LogP contribution in [0.3, 0.4) is 0 Å². The Labute approximate surface area is 126 Å². The molecule has 1 N–H and O–H groups in total. The molecule has 0 saturated carbocycles. The van der Waals surface area contributed by atoms with E-state index in [-0.39, 0.29) is 29.5 Å². The molecule has 1 rings (SSSR count). The van der Waals surface area contributed by atoms with Crippen LogP contribution >= 0.6 is 11.8 Å². The number of thioether (sulfide) groups is 1. The van der Waals surface area contributed by atoms with E-state index in [4.69, 9.17) is 14.6 Å².